The van der Waals surface area contributed by atoms with Crippen molar-refractivity contribution in [2.24, 2.45) is 0 Å². The second kappa shape index (κ2) is 30.6. The lowest BCUT2D eigenvalue weighted by atomic mass is 10.2. The van der Waals surface area contributed by atoms with Gasteiger partial charge in [0.1, 0.15) is 5.78 Å². The number of Topliss-reactive ketones (excluding diaryl/α,β-unsaturated/α-hetero) is 1. The third-order valence-corrected chi connectivity index (χ3v) is 1.30. The molecule has 0 N–H and O–H groups in total. The van der Waals surface area contributed by atoms with Crippen LogP contribution in [-0.2, 0) is 14.3 Å². The molecule has 0 rings (SSSR count). The van der Waals surface area contributed by atoms with Gasteiger partial charge in [-0.2, -0.15) is 0 Å². The van der Waals surface area contributed by atoms with Gasteiger partial charge < -0.3 is 9.53 Å². The summed E-state index contributed by atoms with van der Waals surface area (Å²) in [7, 11) is 0. The van der Waals surface area contributed by atoms with Crippen molar-refractivity contribution in [2.45, 2.75) is 67.2 Å². The van der Waals surface area contributed by atoms with Gasteiger partial charge in [0.15, 0.2) is 0 Å². The van der Waals surface area contributed by atoms with E-state index in [1.165, 1.54) is 46.5 Å². The van der Waals surface area contributed by atoms with Crippen LogP contribution in [0.5, 0.6) is 0 Å². The molecule has 0 aliphatic carbocycles. The Morgan fingerprint density at radius 2 is 1.16 bits per heavy atom. The highest BCUT2D eigenvalue weighted by molar-refractivity contribution is 6.40. The van der Waals surface area contributed by atoms with Gasteiger partial charge in [0.2, 0.25) is 0 Å². The first-order valence-electron chi connectivity index (χ1n) is 6.56. The SMILES string of the molecule is CC(C)=O.CCCCCC.CCOC(C)=O.ClCCl. The van der Waals surface area contributed by atoms with Gasteiger partial charge in [-0.25, -0.2) is 0 Å². The average Bonchev–Trinajstić information content (AvgIpc) is 2.27. The Hall–Kier alpha value is -0.280. The minimum absolute atomic E-state index is 0.167. The Balaban J connectivity index is -0.0000000821. The molecule has 0 saturated carbocycles. The zero-order valence-corrected chi connectivity index (χ0v) is 14.7. The minimum atomic E-state index is -0.211. The number of alkyl halides is 2. The molecule has 0 aliphatic heterocycles. The van der Waals surface area contributed by atoms with Crippen LogP contribution < -0.4 is 0 Å². The van der Waals surface area contributed by atoms with E-state index < -0.39 is 0 Å². The van der Waals surface area contributed by atoms with Crippen molar-refractivity contribution in [1.29, 1.82) is 0 Å². The van der Waals surface area contributed by atoms with Crippen molar-refractivity contribution in [3.8, 4) is 0 Å². The summed E-state index contributed by atoms with van der Waals surface area (Å²) in [5.74, 6) is -0.0440. The van der Waals surface area contributed by atoms with Gasteiger partial charge in [-0.3, -0.25) is 4.79 Å². The van der Waals surface area contributed by atoms with Crippen molar-refractivity contribution in [3.05, 3.63) is 0 Å². The maximum absolute atomic E-state index is 9.82. The second-order valence-electron chi connectivity index (χ2n) is 3.64. The molecule has 0 amide bonds. The third kappa shape index (κ3) is 134. The number of rotatable bonds is 4. The maximum Gasteiger partial charge on any atom is 0.302 e. The molecule has 0 unspecified atom stereocenters. The number of unbranched alkanes of at least 4 members (excludes halogenated alkanes) is 3. The number of ether oxygens (including phenoxy) is 1. The van der Waals surface area contributed by atoms with Crippen molar-refractivity contribution in [2.75, 3.05) is 11.9 Å². The standard InChI is InChI=1S/C6H14.C4H8O2.C3H6O.CH2Cl2/c1-3-5-6-4-2;1-3-6-4(2)5;1-3(2)4;2-1-3/h3-6H2,1-2H3;3H2,1-2H3;1-2H3;1H2. The van der Waals surface area contributed by atoms with Gasteiger partial charge in [0.25, 0.3) is 0 Å². The molecule has 0 radical (unpaired) electrons. The fourth-order valence-electron chi connectivity index (χ4n) is 0.703. The van der Waals surface area contributed by atoms with Crippen LogP contribution in [0.2, 0.25) is 0 Å². The normalized spacial score (nSPS) is 7.58. The Kier molecular flexibility index (Phi) is 43.7. The lowest BCUT2D eigenvalue weighted by Gasteiger charge is -1.89. The quantitative estimate of drug-likeness (QED) is 0.408. The van der Waals surface area contributed by atoms with Gasteiger partial charge in [-0.15, -0.1) is 23.2 Å². The first kappa shape index (κ1) is 27.1. The fourth-order valence-corrected chi connectivity index (χ4v) is 0.703. The van der Waals surface area contributed by atoms with Crippen LogP contribution in [-0.4, -0.2) is 23.7 Å². The van der Waals surface area contributed by atoms with E-state index in [0.29, 0.717) is 6.61 Å². The van der Waals surface area contributed by atoms with Crippen LogP contribution in [0, 0.1) is 0 Å². The molecule has 0 aliphatic rings. The van der Waals surface area contributed by atoms with Crippen molar-refractivity contribution >= 4 is 35.0 Å². The second-order valence-corrected chi connectivity index (χ2v) is 4.45. The summed E-state index contributed by atoms with van der Waals surface area (Å²) >= 11 is 9.53. The van der Waals surface area contributed by atoms with Crippen LogP contribution in [0.25, 0.3) is 0 Å². The van der Waals surface area contributed by atoms with E-state index >= 15 is 0 Å². The highest BCUT2D eigenvalue weighted by atomic mass is 35.5. The first-order chi connectivity index (χ1) is 8.83. The summed E-state index contributed by atoms with van der Waals surface area (Å²) in [5.41, 5.74) is 0. The number of hydrogen-bond acceptors (Lipinski definition) is 3. The molecule has 0 aromatic rings. The predicted octanol–water partition coefficient (Wildman–Crippen LogP) is 5.17. The number of carbonyl (C=O) groups is 2. The molecule has 3 nitrogen and oxygen atoms in total. The molecular formula is C14H30Cl2O3. The van der Waals surface area contributed by atoms with E-state index in [0.717, 1.165) is 0 Å². The third-order valence-electron chi connectivity index (χ3n) is 1.30. The summed E-state index contributed by atoms with van der Waals surface area (Å²) in [6, 6.07) is 0. The van der Waals surface area contributed by atoms with Crippen LogP contribution in [0.15, 0.2) is 0 Å². The highest BCUT2D eigenvalue weighted by Gasteiger charge is 1.81. The van der Waals surface area contributed by atoms with Crippen molar-refractivity contribution in [1.82, 2.24) is 0 Å². The topological polar surface area (TPSA) is 43.4 Å². The Labute approximate surface area is 129 Å². The summed E-state index contributed by atoms with van der Waals surface area (Å²) in [6.45, 7) is 11.2. The molecule has 5 heteroatoms. The number of carbonyl (C=O) groups excluding carboxylic acids is 2. The van der Waals surface area contributed by atoms with Crippen LogP contribution in [0.3, 0.4) is 0 Å². The van der Waals surface area contributed by atoms with Gasteiger partial charge in [0, 0.05) is 6.92 Å². The van der Waals surface area contributed by atoms with Gasteiger partial charge >= 0.3 is 5.97 Å². The zero-order valence-electron chi connectivity index (χ0n) is 13.2. The van der Waals surface area contributed by atoms with E-state index in [2.05, 4.69) is 18.6 Å². The Bertz CT molecular complexity index is 166. The number of ketones is 1. The number of halogens is 2. The van der Waals surface area contributed by atoms with E-state index in [4.69, 9.17) is 23.2 Å². The van der Waals surface area contributed by atoms with Crippen LogP contribution in [0.1, 0.15) is 67.2 Å². The molecule has 0 aromatic heterocycles. The summed E-state index contributed by atoms with van der Waals surface area (Å²) in [4.78, 5) is 19.3. The molecule has 0 aromatic carbocycles. The van der Waals surface area contributed by atoms with E-state index in [1.807, 2.05) is 0 Å². The maximum atomic E-state index is 9.82. The van der Waals surface area contributed by atoms with Gasteiger partial charge in [-0.05, 0) is 20.8 Å². The number of esters is 1. The van der Waals surface area contributed by atoms with E-state index in [1.54, 1.807) is 6.92 Å². The Morgan fingerprint density at radius 1 is 0.895 bits per heavy atom. The summed E-state index contributed by atoms with van der Waals surface area (Å²) in [6.07, 6.45) is 5.54. The molecule has 19 heavy (non-hydrogen) atoms. The lowest BCUT2D eigenvalue weighted by molar-refractivity contribution is -0.140. The minimum Gasteiger partial charge on any atom is -0.466 e. The number of hydrogen-bond donors (Lipinski definition) is 0. The fraction of sp³-hybridized carbons (Fsp3) is 0.857. The average molecular weight is 317 g/mol. The van der Waals surface area contributed by atoms with E-state index in [-0.39, 0.29) is 17.1 Å². The molecule has 0 atom stereocenters. The largest absolute Gasteiger partial charge is 0.466 e. The van der Waals surface area contributed by atoms with Crippen LogP contribution >= 0.6 is 23.2 Å². The molecule has 0 heterocycles. The van der Waals surface area contributed by atoms with Gasteiger partial charge in [-0.1, -0.05) is 39.5 Å². The monoisotopic (exact) mass is 316 g/mol. The molecule has 0 spiro atoms. The smallest absolute Gasteiger partial charge is 0.302 e. The van der Waals surface area contributed by atoms with Crippen LogP contribution in [0.4, 0.5) is 0 Å². The van der Waals surface area contributed by atoms with Crippen molar-refractivity contribution in [3.63, 3.8) is 0 Å². The molecule has 0 bridgehead atoms. The van der Waals surface area contributed by atoms with Gasteiger partial charge in [0.05, 0.1) is 11.9 Å². The predicted molar refractivity (Wildman–Crippen MR) is 85.1 cm³/mol. The molecular weight excluding hydrogens is 287 g/mol. The molecule has 0 saturated heterocycles. The summed E-state index contributed by atoms with van der Waals surface area (Å²) in [5, 5.41) is 0.194. The zero-order chi connectivity index (χ0) is 16.1. The lowest BCUT2D eigenvalue weighted by Crippen LogP contribution is -1.95. The van der Waals surface area contributed by atoms with E-state index in [9.17, 15) is 9.59 Å². The summed E-state index contributed by atoms with van der Waals surface area (Å²) < 4.78 is 4.40. The van der Waals surface area contributed by atoms with Crippen molar-refractivity contribution < 1.29 is 14.3 Å². The Morgan fingerprint density at radius 3 is 1.21 bits per heavy atom. The first-order valence-corrected chi connectivity index (χ1v) is 7.63. The highest BCUT2D eigenvalue weighted by Crippen LogP contribution is 1.95. The molecule has 0 fully saturated rings. The molecule has 118 valence electrons.